The molecule has 0 unspecified atom stereocenters. The standard InChI is InChI=1S/C20H32N2O3/c1-5-20(15-21-14-16-7-6-8-17(23)13-16)9-11-22(12-10-20)18(24)25-19(2,3)4/h6-8,13,21,23H,5,9-12,14-15H2,1-4H3. The second-order valence-corrected chi connectivity index (χ2v) is 8.09. The van der Waals surface area contributed by atoms with Crippen molar-refractivity contribution in [1.82, 2.24) is 10.2 Å². The first kappa shape index (κ1) is 19.6. The number of piperidine rings is 1. The normalized spacial score (nSPS) is 17.4. The zero-order chi connectivity index (χ0) is 18.5. The number of nitrogens with zero attached hydrogens (tertiary/aromatic N) is 1. The van der Waals surface area contributed by atoms with Gasteiger partial charge < -0.3 is 20.1 Å². The molecule has 0 aromatic heterocycles. The first-order valence-electron chi connectivity index (χ1n) is 9.20. The highest BCUT2D eigenvalue weighted by atomic mass is 16.6. The van der Waals surface area contributed by atoms with Crippen LogP contribution < -0.4 is 5.32 Å². The Balaban J connectivity index is 1.83. The predicted octanol–water partition coefficient (Wildman–Crippen LogP) is 3.91. The van der Waals surface area contributed by atoms with E-state index in [0.717, 1.165) is 51.0 Å². The molecule has 0 spiro atoms. The molecule has 1 aliphatic heterocycles. The van der Waals surface area contributed by atoms with Gasteiger partial charge in [-0.15, -0.1) is 0 Å². The van der Waals surface area contributed by atoms with Gasteiger partial charge in [-0.25, -0.2) is 4.79 Å². The van der Waals surface area contributed by atoms with E-state index in [4.69, 9.17) is 4.74 Å². The highest BCUT2D eigenvalue weighted by Gasteiger charge is 2.35. The quantitative estimate of drug-likeness (QED) is 0.847. The van der Waals surface area contributed by atoms with Crippen molar-refractivity contribution in [1.29, 1.82) is 0 Å². The van der Waals surface area contributed by atoms with E-state index in [1.165, 1.54) is 0 Å². The lowest BCUT2D eigenvalue weighted by atomic mass is 9.76. The summed E-state index contributed by atoms with van der Waals surface area (Å²) in [5, 5.41) is 13.1. The number of hydrogen-bond donors (Lipinski definition) is 2. The summed E-state index contributed by atoms with van der Waals surface area (Å²) in [4.78, 5) is 14.0. The molecule has 1 aromatic rings. The van der Waals surface area contributed by atoms with Crippen LogP contribution in [0, 0.1) is 5.41 Å². The van der Waals surface area contributed by atoms with Crippen LogP contribution in [0.5, 0.6) is 5.75 Å². The summed E-state index contributed by atoms with van der Waals surface area (Å²) in [5.74, 6) is 0.301. The molecule has 140 valence electrons. The summed E-state index contributed by atoms with van der Waals surface area (Å²) >= 11 is 0. The van der Waals surface area contributed by atoms with Gasteiger partial charge in [-0.1, -0.05) is 19.1 Å². The zero-order valence-electron chi connectivity index (χ0n) is 16.0. The second kappa shape index (κ2) is 8.09. The molecule has 0 radical (unpaired) electrons. The summed E-state index contributed by atoms with van der Waals surface area (Å²) in [6, 6.07) is 7.35. The lowest BCUT2D eigenvalue weighted by Crippen LogP contribution is -2.48. The minimum Gasteiger partial charge on any atom is -0.508 e. The number of hydrogen-bond acceptors (Lipinski definition) is 4. The molecule has 5 nitrogen and oxygen atoms in total. The molecule has 0 aliphatic carbocycles. The van der Waals surface area contributed by atoms with Gasteiger partial charge >= 0.3 is 6.09 Å². The molecule has 1 heterocycles. The third kappa shape index (κ3) is 5.92. The van der Waals surface area contributed by atoms with Gasteiger partial charge in [0.2, 0.25) is 0 Å². The molecule has 1 aliphatic rings. The Bertz CT molecular complexity index is 573. The van der Waals surface area contributed by atoms with E-state index in [9.17, 15) is 9.90 Å². The molecule has 5 heteroatoms. The fourth-order valence-corrected chi connectivity index (χ4v) is 3.28. The lowest BCUT2D eigenvalue weighted by Gasteiger charge is -2.41. The van der Waals surface area contributed by atoms with Crippen LogP contribution in [0.4, 0.5) is 4.79 Å². The average Bonchev–Trinajstić information content (AvgIpc) is 2.54. The number of aromatic hydroxyl groups is 1. The Hall–Kier alpha value is -1.75. The van der Waals surface area contributed by atoms with Crippen LogP contribution in [0.2, 0.25) is 0 Å². The number of nitrogens with one attached hydrogen (secondary N) is 1. The summed E-state index contributed by atoms with van der Waals surface area (Å²) in [6.45, 7) is 11.1. The van der Waals surface area contributed by atoms with Crippen LogP contribution in [0.25, 0.3) is 0 Å². The number of amides is 1. The van der Waals surface area contributed by atoms with E-state index in [2.05, 4.69) is 12.2 Å². The predicted molar refractivity (Wildman–Crippen MR) is 99.6 cm³/mol. The Morgan fingerprint density at radius 3 is 2.56 bits per heavy atom. The molecule has 2 N–H and O–H groups in total. The summed E-state index contributed by atoms with van der Waals surface area (Å²) < 4.78 is 5.48. The van der Waals surface area contributed by atoms with Gasteiger partial charge in [0.1, 0.15) is 11.4 Å². The van der Waals surface area contributed by atoms with Gasteiger partial charge in [-0.2, -0.15) is 0 Å². The van der Waals surface area contributed by atoms with Crippen LogP contribution in [0.3, 0.4) is 0 Å². The van der Waals surface area contributed by atoms with Gasteiger partial charge in [-0.3, -0.25) is 0 Å². The monoisotopic (exact) mass is 348 g/mol. The Morgan fingerprint density at radius 1 is 1.32 bits per heavy atom. The molecular formula is C20H32N2O3. The second-order valence-electron chi connectivity index (χ2n) is 8.09. The average molecular weight is 348 g/mol. The third-order valence-electron chi connectivity index (χ3n) is 4.97. The van der Waals surface area contributed by atoms with Gasteiger partial charge in [0.25, 0.3) is 0 Å². The minimum absolute atomic E-state index is 0.204. The largest absolute Gasteiger partial charge is 0.508 e. The van der Waals surface area contributed by atoms with E-state index in [-0.39, 0.29) is 11.5 Å². The number of phenolic OH excluding ortho intramolecular Hbond substituents is 1. The van der Waals surface area contributed by atoms with Crippen molar-refractivity contribution in [3.8, 4) is 5.75 Å². The number of carbonyl (C=O) groups excluding carboxylic acids is 1. The maximum Gasteiger partial charge on any atom is 0.410 e. The van der Waals surface area contributed by atoms with Crippen LogP contribution in [0.1, 0.15) is 52.5 Å². The van der Waals surface area contributed by atoms with Gasteiger partial charge in [0, 0.05) is 26.2 Å². The third-order valence-corrected chi connectivity index (χ3v) is 4.97. The lowest BCUT2D eigenvalue weighted by molar-refractivity contribution is 0.00943. The van der Waals surface area contributed by atoms with Crippen LogP contribution in [0.15, 0.2) is 24.3 Å². The van der Waals surface area contributed by atoms with E-state index >= 15 is 0 Å². The van der Waals surface area contributed by atoms with Crippen molar-refractivity contribution in [3.05, 3.63) is 29.8 Å². The highest BCUT2D eigenvalue weighted by molar-refractivity contribution is 5.68. The maximum absolute atomic E-state index is 12.2. The van der Waals surface area contributed by atoms with Crippen molar-refractivity contribution in [3.63, 3.8) is 0 Å². The molecule has 1 amide bonds. The molecular weight excluding hydrogens is 316 g/mol. The molecule has 2 rings (SSSR count). The summed E-state index contributed by atoms with van der Waals surface area (Å²) in [7, 11) is 0. The fraction of sp³-hybridized carbons (Fsp3) is 0.650. The molecule has 0 saturated carbocycles. The Kier molecular flexibility index (Phi) is 6.33. The Labute approximate surface area is 151 Å². The summed E-state index contributed by atoms with van der Waals surface area (Å²) in [5.41, 5.74) is 0.853. The smallest absolute Gasteiger partial charge is 0.410 e. The van der Waals surface area contributed by atoms with E-state index in [1.54, 1.807) is 12.1 Å². The number of phenols is 1. The van der Waals surface area contributed by atoms with Crippen molar-refractivity contribution in [2.75, 3.05) is 19.6 Å². The topological polar surface area (TPSA) is 61.8 Å². The van der Waals surface area contributed by atoms with Gasteiger partial charge in [0.05, 0.1) is 0 Å². The summed E-state index contributed by atoms with van der Waals surface area (Å²) in [6.07, 6.45) is 2.85. The van der Waals surface area contributed by atoms with Crippen molar-refractivity contribution in [2.45, 2.75) is 59.1 Å². The van der Waals surface area contributed by atoms with E-state index in [1.807, 2.05) is 37.8 Å². The van der Waals surface area contributed by atoms with Crippen LogP contribution in [-0.4, -0.2) is 41.3 Å². The first-order valence-corrected chi connectivity index (χ1v) is 9.20. The zero-order valence-corrected chi connectivity index (χ0v) is 16.0. The number of rotatable bonds is 5. The van der Waals surface area contributed by atoms with Crippen LogP contribution in [-0.2, 0) is 11.3 Å². The van der Waals surface area contributed by atoms with Gasteiger partial charge in [-0.05, 0) is 63.1 Å². The number of benzene rings is 1. The minimum atomic E-state index is -0.445. The van der Waals surface area contributed by atoms with Crippen molar-refractivity contribution in [2.24, 2.45) is 5.41 Å². The first-order chi connectivity index (χ1) is 11.7. The molecule has 0 atom stereocenters. The van der Waals surface area contributed by atoms with Gasteiger partial charge in [0.15, 0.2) is 0 Å². The number of likely N-dealkylation sites (tertiary alicyclic amines) is 1. The number of ether oxygens (including phenoxy) is 1. The SMILES string of the molecule is CCC1(CNCc2cccc(O)c2)CCN(C(=O)OC(C)(C)C)CC1. The molecule has 0 bridgehead atoms. The number of carbonyl (C=O) groups is 1. The maximum atomic E-state index is 12.2. The van der Waals surface area contributed by atoms with Crippen molar-refractivity contribution >= 4 is 6.09 Å². The van der Waals surface area contributed by atoms with Crippen LogP contribution >= 0.6 is 0 Å². The Morgan fingerprint density at radius 2 is 2.00 bits per heavy atom. The molecule has 1 saturated heterocycles. The molecule has 1 fully saturated rings. The highest BCUT2D eigenvalue weighted by Crippen LogP contribution is 2.34. The fourth-order valence-electron chi connectivity index (χ4n) is 3.28. The molecule has 1 aromatic carbocycles. The van der Waals surface area contributed by atoms with E-state index in [0.29, 0.717) is 5.75 Å². The van der Waals surface area contributed by atoms with Crippen molar-refractivity contribution < 1.29 is 14.6 Å². The van der Waals surface area contributed by atoms with E-state index < -0.39 is 5.60 Å². The molecule has 25 heavy (non-hydrogen) atoms.